The second-order valence-corrected chi connectivity index (χ2v) is 7.78. The first-order chi connectivity index (χ1) is 10.8. The predicted octanol–water partition coefficient (Wildman–Crippen LogP) is 1.32. The van der Waals surface area contributed by atoms with E-state index in [-0.39, 0.29) is 18.9 Å². The summed E-state index contributed by atoms with van der Waals surface area (Å²) >= 11 is 0. The second-order valence-electron chi connectivity index (χ2n) is 5.87. The number of amides is 1. The van der Waals surface area contributed by atoms with Crippen molar-refractivity contribution in [2.75, 3.05) is 43.4 Å². The van der Waals surface area contributed by atoms with E-state index in [1.54, 1.807) is 11.0 Å². The zero-order valence-electron chi connectivity index (χ0n) is 13.9. The Labute approximate surface area is 138 Å². The average molecular weight is 340 g/mol. The Balaban J connectivity index is 2.12. The highest BCUT2D eigenvalue weighted by molar-refractivity contribution is 7.92. The first-order valence-corrected chi connectivity index (χ1v) is 9.54. The maximum absolute atomic E-state index is 12.2. The Bertz CT molecular complexity index is 667. The van der Waals surface area contributed by atoms with Crippen LogP contribution in [0.3, 0.4) is 0 Å². The molecule has 1 aromatic rings. The number of sulfonamides is 1. The van der Waals surface area contributed by atoms with Crippen LogP contribution in [0.15, 0.2) is 18.2 Å². The van der Waals surface area contributed by atoms with Gasteiger partial charge in [-0.1, -0.05) is 17.7 Å². The zero-order chi connectivity index (χ0) is 17.0. The molecule has 1 aromatic carbocycles. The Morgan fingerprint density at radius 1 is 1.26 bits per heavy atom. The number of carbonyl (C=O) groups excluding carboxylic acids is 1. The molecule has 0 aliphatic carbocycles. The van der Waals surface area contributed by atoms with E-state index in [1.165, 1.54) is 10.6 Å². The molecule has 2 rings (SSSR count). The number of morpholine rings is 1. The summed E-state index contributed by atoms with van der Waals surface area (Å²) in [6.07, 6.45) is 1.34. The summed E-state index contributed by atoms with van der Waals surface area (Å²) in [4.78, 5) is 14.0. The lowest BCUT2D eigenvalue weighted by Crippen LogP contribution is -2.42. The third-order valence-electron chi connectivity index (χ3n) is 3.91. The van der Waals surface area contributed by atoms with Crippen LogP contribution < -0.4 is 4.31 Å². The molecule has 1 aliphatic heterocycles. The van der Waals surface area contributed by atoms with E-state index in [4.69, 9.17) is 4.74 Å². The maximum Gasteiger partial charge on any atom is 0.232 e. The lowest BCUT2D eigenvalue weighted by atomic mass is 10.1. The number of hydrogen-bond acceptors (Lipinski definition) is 4. The Morgan fingerprint density at radius 2 is 1.91 bits per heavy atom. The van der Waals surface area contributed by atoms with Gasteiger partial charge in [-0.15, -0.1) is 0 Å². The fourth-order valence-corrected chi connectivity index (χ4v) is 3.70. The maximum atomic E-state index is 12.2. The number of aryl methyl sites for hydroxylation is 2. The summed E-state index contributed by atoms with van der Waals surface area (Å²) in [5.74, 6) is -0.0354. The van der Waals surface area contributed by atoms with Crippen molar-refractivity contribution in [3.8, 4) is 0 Å². The van der Waals surface area contributed by atoms with Gasteiger partial charge in [0.25, 0.3) is 0 Å². The van der Waals surface area contributed by atoms with Crippen LogP contribution in [0, 0.1) is 13.8 Å². The summed E-state index contributed by atoms with van der Waals surface area (Å²) in [6, 6.07) is 5.62. The van der Waals surface area contributed by atoms with E-state index < -0.39 is 10.0 Å². The molecule has 0 radical (unpaired) electrons. The topological polar surface area (TPSA) is 66.9 Å². The van der Waals surface area contributed by atoms with Gasteiger partial charge in [-0.3, -0.25) is 9.10 Å². The number of anilines is 1. The summed E-state index contributed by atoms with van der Waals surface area (Å²) in [6.45, 7) is 6.21. The van der Waals surface area contributed by atoms with Gasteiger partial charge in [-0.05, 0) is 25.5 Å². The number of hydrogen-bond donors (Lipinski definition) is 0. The van der Waals surface area contributed by atoms with Crippen LogP contribution in [-0.4, -0.2) is 58.3 Å². The Kier molecular flexibility index (Phi) is 5.64. The number of benzene rings is 1. The van der Waals surface area contributed by atoms with Crippen LogP contribution in [0.5, 0.6) is 0 Å². The molecule has 1 fully saturated rings. The van der Waals surface area contributed by atoms with Gasteiger partial charge in [-0.25, -0.2) is 8.42 Å². The molecule has 0 saturated carbocycles. The van der Waals surface area contributed by atoms with E-state index in [0.29, 0.717) is 32.0 Å². The highest BCUT2D eigenvalue weighted by Gasteiger charge is 2.23. The van der Waals surface area contributed by atoms with Crippen molar-refractivity contribution in [3.63, 3.8) is 0 Å². The minimum Gasteiger partial charge on any atom is -0.378 e. The van der Waals surface area contributed by atoms with E-state index in [2.05, 4.69) is 0 Å². The largest absolute Gasteiger partial charge is 0.378 e. The van der Waals surface area contributed by atoms with Crippen molar-refractivity contribution >= 4 is 21.6 Å². The molecule has 6 nitrogen and oxygen atoms in total. The Morgan fingerprint density at radius 3 is 2.48 bits per heavy atom. The van der Waals surface area contributed by atoms with Gasteiger partial charge in [0.2, 0.25) is 15.9 Å². The van der Waals surface area contributed by atoms with Gasteiger partial charge >= 0.3 is 0 Å². The monoisotopic (exact) mass is 340 g/mol. The molecule has 1 heterocycles. The number of carbonyl (C=O) groups is 1. The molecule has 0 N–H and O–H groups in total. The van der Waals surface area contributed by atoms with E-state index >= 15 is 0 Å². The van der Waals surface area contributed by atoms with Crippen LogP contribution in [0.4, 0.5) is 5.69 Å². The number of rotatable bonds is 5. The van der Waals surface area contributed by atoms with E-state index in [0.717, 1.165) is 11.1 Å². The van der Waals surface area contributed by atoms with Crippen molar-refractivity contribution in [1.82, 2.24) is 4.90 Å². The van der Waals surface area contributed by atoms with Crippen LogP contribution in [-0.2, 0) is 19.6 Å². The fraction of sp³-hybridized carbons (Fsp3) is 0.562. The SMILES string of the molecule is Cc1ccc(N(CCC(=O)N2CCOCC2)S(C)(=O)=O)c(C)c1. The van der Waals surface area contributed by atoms with Crippen molar-refractivity contribution < 1.29 is 17.9 Å². The lowest BCUT2D eigenvalue weighted by molar-refractivity contribution is -0.134. The molecule has 1 amide bonds. The molecule has 1 saturated heterocycles. The average Bonchev–Trinajstić information content (AvgIpc) is 2.48. The van der Waals surface area contributed by atoms with Crippen LogP contribution >= 0.6 is 0 Å². The third kappa shape index (κ3) is 4.68. The molecular weight excluding hydrogens is 316 g/mol. The van der Waals surface area contributed by atoms with Gasteiger partial charge < -0.3 is 9.64 Å². The molecule has 0 bridgehead atoms. The molecule has 0 aromatic heterocycles. The molecule has 128 valence electrons. The molecule has 0 spiro atoms. The van der Waals surface area contributed by atoms with Gasteiger partial charge in [-0.2, -0.15) is 0 Å². The van der Waals surface area contributed by atoms with E-state index in [1.807, 2.05) is 26.0 Å². The van der Waals surface area contributed by atoms with Gasteiger partial charge in [0.15, 0.2) is 0 Å². The predicted molar refractivity (Wildman–Crippen MR) is 90.1 cm³/mol. The Hall–Kier alpha value is -1.60. The highest BCUT2D eigenvalue weighted by Crippen LogP contribution is 2.24. The molecule has 0 atom stereocenters. The number of ether oxygens (including phenoxy) is 1. The fourth-order valence-electron chi connectivity index (χ4n) is 2.72. The van der Waals surface area contributed by atoms with Gasteiger partial charge in [0.05, 0.1) is 25.2 Å². The lowest BCUT2D eigenvalue weighted by Gasteiger charge is -2.29. The van der Waals surface area contributed by atoms with Crippen molar-refractivity contribution in [1.29, 1.82) is 0 Å². The van der Waals surface area contributed by atoms with Crippen LogP contribution in [0.25, 0.3) is 0 Å². The van der Waals surface area contributed by atoms with Crippen LogP contribution in [0.2, 0.25) is 0 Å². The first-order valence-electron chi connectivity index (χ1n) is 7.69. The summed E-state index contributed by atoms with van der Waals surface area (Å²) in [5.41, 5.74) is 2.59. The van der Waals surface area contributed by atoms with Crippen molar-refractivity contribution in [2.24, 2.45) is 0 Å². The van der Waals surface area contributed by atoms with E-state index in [9.17, 15) is 13.2 Å². The minimum absolute atomic E-state index is 0.0354. The van der Waals surface area contributed by atoms with Gasteiger partial charge in [0.1, 0.15) is 0 Å². The molecule has 1 aliphatic rings. The summed E-state index contributed by atoms with van der Waals surface area (Å²) < 4.78 is 30.8. The number of nitrogens with zero attached hydrogens (tertiary/aromatic N) is 2. The van der Waals surface area contributed by atoms with Crippen molar-refractivity contribution in [3.05, 3.63) is 29.3 Å². The van der Waals surface area contributed by atoms with Crippen molar-refractivity contribution in [2.45, 2.75) is 20.3 Å². The molecule has 7 heteroatoms. The second kappa shape index (κ2) is 7.31. The minimum atomic E-state index is -3.44. The normalized spacial score (nSPS) is 15.5. The zero-order valence-corrected chi connectivity index (χ0v) is 14.7. The smallest absolute Gasteiger partial charge is 0.232 e. The first kappa shape index (κ1) is 17.7. The van der Waals surface area contributed by atoms with Gasteiger partial charge in [0, 0.05) is 26.1 Å². The molecular formula is C16H24N2O4S. The van der Waals surface area contributed by atoms with Crippen LogP contribution in [0.1, 0.15) is 17.5 Å². The quantitative estimate of drug-likeness (QED) is 0.811. The third-order valence-corrected chi connectivity index (χ3v) is 5.09. The standard InChI is InChI=1S/C16H24N2O4S/c1-13-4-5-15(14(2)12-13)18(23(3,20)21)7-6-16(19)17-8-10-22-11-9-17/h4-5,12H,6-11H2,1-3H3. The summed E-state index contributed by atoms with van der Waals surface area (Å²) in [7, 11) is -3.44. The highest BCUT2D eigenvalue weighted by atomic mass is 32.2. The molecule has 23 heavy (non-hydrogen) atoms. The summed E-state index contributed by atoms with van der Waals surface area (Å²) in [5, 5.41) is 0. The molecule has 0 unspecified atom stereocenters.